The van der Waals surface area contributed by atoms with Crippen molar-refractivity contribution < 1.29 is 14.4 Å². The SMILES string of the molecule is C=C1CCC[C@H](N2Cc3c(csc3CNC(=O)Nc3ccc(C)c(C(C)C)c3)C2=O)C(=O)N1. The van der Waals surface area contributed by atoms with E-state index in [9.17, 15) is 14.4 Å². The maximum atomic E-state index is 13.0. The Bertz CT molecular complexity index is 1120. The zero-order valence-electron chi connectivity index (χ0n) is 19.3. The van der Waals surface area contributed by atoms with Crippen molar-refractivity contribution in [1.29, 1.82) is 0 Å². The lowest BCUT2D eigenvalue weighted by Gasteiger charge is -2.25. The van der Waals surface area contributed by atoms with E-state index in [2.05, 4.69) is 43.3 Å². The van der Waals surface area contributed by atoms with Gasteiger partial charge in [0, 0.05) is 28.2 Å². The Labute approximate surface area is 198 Å². The van der Waals surface area contributed by atoms with Crippen molar-refractivity contribution in [2.24, 2.45) is 0 Å². The van der Waals surface area contributed by atoms with Crippen molar-refractivity contribution in [3.8, 4) is 0 Å². The number of aryl methyl sites for hydroxylation is 1. The lowest BCUT2D eigenvalue weighted by atomic mass is 9.97. The van der Waals surface area contributed by atoms with Gasteiger partial charge in [0.05, 0.1) is 12.1 Å². The van der Waals surface area contributed by atoms with Gasteiger partial charge < -0.3 is 20.9 Å². The first-order chi connectivity index (χ1) is 15.7. The van der Waals surface area contributed by atoms with Gasteiger partial charge in [-0.25, -0.2) is 4.79 Å². The third-order valence-corrected chi connectivity index (χ3v) is 7.33. The summed E-state index contributed by atoms with van der Waals surface area (Å²) in [7, 11) is 0. The van der Waals surface area contributed by atoms with Crippen molar-refractivity contribution in [2.45, 2.75) is 65.1 Å². The number of nitrogens with one attached hydrogen (secondary N) is 3. The number of carbonyl (C=O) groups excluding carboxylic acids is 3. The van der Waals surface area contributed by atoms with Crippen molar-refractivity contribution >= 4 is 34.9 Å². The number of thiophene rings is 1. The lowest BCUT2D eigenvalue weighted by molar-refractivity contribution is -0.124. The minimum absolute atomic E-state index is 0.120. The predicted molar refractivity (Wildman–Crippen MR) is 130 cm³/mol. The quantitative estimate of drug-likeness (QED) is 0.600. The molecule has 4 amide bonds. The standard InChI is InChI=1S/C25H30N4O3S/c1-14(2)18-10-17(9-8-15(18)3)28-25(32)26-11-22-19-12-29(24(31)20(19)13-33-22)21-7-5-6-16(4)27-23(21)30/h8-10,13-14,21H,4-7,11-12H2,1-3H3,(H,27,30)(H2,26,28,32)/t21-/m0/s1. The van der Waals surface area contributed by atoms with Crippen LogP contribution in [-0.2, 0) is 17.9 Å². The number of fused-ring (bicyclic) bond motifs is 1. The average molecular weight is 467 g/mol. The van der Waals surface area contributed by atoms with Gasteiger partial charge in [-0.05, 0) is 60.9 Å². The van der Waals surface area contributed by atoms with Crippen LogP contribution in [0.4, 0.5) is 10.5 Å². The molecule has 174 valence electrons. The Morgan fingerprint density at radius 1 is 1.33 bits per heavy atom. The summed E-state index contributed by atoms with van der Waals surface area (Å²) < 4.78 is 0. The Hall–Kier alpha value is -3.13. The van der Waals surface area contributed by atoms with E-state index in [0.29, 0.717) is 36.7 Å². The normalized spacial score (nSPS) is 18.2. The van der Waals surface area contributed by atoms with Gasteiger partial charge >= 0.3 is 6.03 Å². The highest BCUT2D eigenvalue weighted by atomic mass is 32.1. The number of nitrogens with zero attached hydrogens (tertiary/aromatic N) is 1. The van der Waals surface area contributed by atoms with Crippen LogP contribution in [-0.4, -0.2) is 28.8 Å². The number of urea groups is 1. The predicted octanol–water partition coefficient (Wildman–Crippen LogP) is 4.64. The van der Waals surface area contributed by atoms with Crippen LogP contribution in [0.2, 0.25) is 0 Å². The number of amides is 4. The second kappa shape index (κ2) is 9.39. The maximum Gasteiger partial charge on any atom is 0.319 e. The van der Waals surface area contributed by atoms with Gasteiger partial charge in [-0.2, -0.15) is 0 Å². The first kappa shape index (κ1) is 23.0. The fourth-order valence-corrected chi connectivity index (χ4v) is 5.48. The Morgan fingerprint density at radius 2 is 2.12 bits per heavy atom. The molecule has 0 radical (unpaired) electrons. The number of rotatable bonds is 5. The molecule has 3 heterocycles. The molecule has 0 spiro atoms. The second-order valence-electron chi connectivity index (χ2n) is 9.02. The number of hydrogen-bond acceptors (Lipinski definition) is 4. The number of allylic oxidation sites excluding steroid dienone is 1. The number of carbonyl (C=O) groups is 3. The second-order valence-corrected chi connectivity index (χ2v) is 9.98. The molecule has 2 aliphatic heterocycles. The van der Waals surface area contributed by atoms with E-state index in [1.807, 2.05) is 23.6 Å². The van der Waals surface area contributed by atoms with E-state index < -0.39 is 6.04 Å². The lowest BCUT2D eigenvalue weighted by Crippen LogP contribution is -2.45. The summed E-state index contributed by atoms with van der Waals surface area (Å²) in [5, 5.41) is 10.4. The smallest absolute Gasteiger partial charge is 0.319 e. The number of hydrogen-bond donors (Lipinski definition) is 3. The molecule has 4 rings (SSSR count). The van der Waals surface area contributed by atoms with Gasteiger partial charge in [0.15, 0.2) is 0 Å². The topological polar surface area (TPSA) is 90.5 Å². The molecule has 1 atom stereocenters. The molecule has 7 nitrogen and oxygen atoms in total. The van der Waals surface area contributed by atoms with Crippen LogP contribution in [0.25, 0.3) is 0 Å². The van der Waals surface area contributed by atoms with Crippen molar-refractivity contribution in [3.05, 3.63) is 63.0 Å². The summed E-state index contributed by atoms with van der Waals surface area (Å²) in [5.41, 5.74) is 5.39. The highest BCUT2D eigenvalue weighted by Crippen LogP contribution is 2.34. The van der Waals surface area contributed by atoms with Crippen LogP contribution in [0, 0.1) is 6.92 Å². The summed E-state index contributed by atoms with van der Waals surface area (Å²) in [6.45, 7) is 10.9. The van der Waals surface area contributed by atoms with Crippen molar-refractivity contribution in [2.75, 3.05) is 5.32 Å². The minimum atomic E-state index is -0.491. The van der Waals surface area contributed by atoms with Gasteiger partial charge in [-0.15, -0.1) is 11.3 Å². The molecule has 1 fully saturated rings. The van der Waals surface area contributed by atoms with Crippen LogP contribution >= 0.6 is 11.3 Å². The van der Waals surface area contributed by atoms with Crippen LogP contribution in [0.15, 0.2) is 35.9 Å². The van der Waals surface area contributed by atoms with E-state index >= 15 is 0 Å². The summed E-state index contributed by atoms with van der Waals surface area (Å²) in [5.74, 6) is 0.0840. The Kier molecular flexibility index (Phi) is 6.56. The summed E-state index contributed by atoms with van der Waals surface area (Å²) in [6, 6.07) is 5.13. The Morgan fingerprint density at radius 3 is 2.88 bits per heavy atom. The molecule has 1 saturated heterocycles. The molecule has 1 aromatic heterocycles. The van der Waals surface area contributed by atoms with E-state index in [-0.39, 0.29) is 17.8 Å². The van der Waals surface area contributed by atoms with Crippen LogP contribution in [0.1, 0.15) is 71.0 Å². The van der Waals surface area contributed by atoms with E-state index in [1.165, 1.54) is 22.5 Å². The summed E-state index contributed by atoms with van der Waals surface area (Å²) >= 11 is 1.46. The van der Waals surface area contributed by atoms with Gasteiger partial charge in [-0.3, -0.25) is 9.59 Å². The Balaban J connectivity index is 1.40. The molecule has 0 aliphatic carbocycles. The monoisotopic (exact) mass is 466 g/mol. The van der Waals surface area contributed by atoms with E-state index in [4.69, 9.17) is 0 Å². The zero-order chi connectivity index (χ0) is 23.7. The largest absolute Gasteiger partial charge is 0.333 e. The van der Waals surface area contributed by atoms with Crippen LogP contribution in [0.5, 0.6) is 0 Å². The molecule has 0 bridgehead atoms. The van der Waals surface area contributed by atoms with Gasteiger partial charge in [0.1, 0.15) is 6.04 Å². The maximum absolute atomic E-state index is 13.0. The highest BCUT2D eigenvalue weighted by Gasteiger charge is 2.39. The molecule has 2 aliphatic rings. The molecular weight excluding hydrogens is 436 g/mol. The van der Waals surface area contributed by atoms with Crippen LogP contribution < -0.4 is 16.0 Å². The first-order valence-electron chi connectivity index (χ1n) is 11.3. The van der Waals surface area contributed by atoms with Crippen LogP contribution in [0.3, 0.4) is 0 Å². The molecular formula is C25H30N4O3S. The van der Waals surface area contributed by atoms with Gasteiger partial charge in [-0.1, -0.05) is 26.5 Å². The molecule has 33 heavy (non-hydrogen) atoms. The molecule has 0 saturated carbocycles. The first-order valence-corrected chi connectivity index (χ1v) is 12.2. The third-order valence-electron chi connectivity index (χ3n) is 6.30. The minimum Gasteiger partial charge on any atom is -0.333 e. The van der Waals surface area contributed by atoms with E-state index in [0.717, 1.165) is 29.0 Å². The molecule has 1 aromatic carbocycles. The number of benzene rings is 1. The molecule has 8 heteroatoms. The van der Waals surface area contributed by atoms with Crippen molar-refractivity contribution in [3.63, 3.8) is 0 Å². The van der Waals surface area contributed by atoms with E-state index in [1.54, 1.807) is 4.90 Å². The fourth-order valence-electron chi connectivity index (χ4n) is 4.51. The highest BCUT2D eigenvalue weighted by molar-refractivity contribution is 7.10. The molecule has 2 aromatic rings. The fraction of sp³-hybridized carbons (Fsp3) is 0.400. The summed E-state index contributed by atoms with van der Waals surface area (Å²) in [6.07, 6.45) is 2.16. The average Bonchev–Trinajstić information content (AvgIpc) is 3.25. The third kappa shape index (κ3) is 4.80. The number of anilines is 1. The zero-order valence-corrected chi connectivity index (χ0v) is 20.1. The van der Waals surface area contributed by atoms with Gasteiger partial charge in [0.25, 0.3) is 5.91 Å². The molecule has 0 unspecified atom stereocenters. The van der Waals surface area contributed by atoms with Crippen molar-refractivity contribution in [1.82, 2.24) is 15.5 Å². The van der Waals surface area contributed by atoms with Gasteiger partial charge in [0.2, 0.25) is 5.91 Å². The molecule has 3 N–H and O–H groups in total. The summed E-state index contributed by atoms with van der Waals surface area (Å²) in [4.78, 5) is 40.6.